The van der Waals surface area contributed by atoms with E-state index in [2.05, 4.69) is 26.1 Å². The van der Waals surface area contributed by atoms with Crippen molar-refractivity contribution in [3.63, 3.8) is 0 Å². The van der Waals surface area contributed by atoms with Gasteiger partial charge >= 0.3 is 0 Å². The summed E-state index contributed by atoms with van der Waals surface area (Å²) >= 11 is 5.99. The molecular weight excluding hydrogens is 264 g/mol. The lowest BCUT2D eigenvalue weighted by Gasteiger charge is -2.23. The molecule has 0 fully saturated rings. The average Bonchev–Trinajstić information content (AvgIpc) is 2.36. The van der Waals surface area contributed by atoms with Crippen LogP contribution in [-0.2, 0) is 0 Å². The zero-order valence-corrected chi connectivity index (χ0v) is 12.6. The van der Waals surface area contributed by atoms with Crippen molar-refractivity contribution in [2.75, 3.05) is 6.54 Å². The first kappa shape index (κ1) is 15.9. The van der Waals surface area contributed by atoms with E-state index in [-0.39, 0.29) is 16.6 Å². The molecule has 0 aromatic heterocycles. The molecule has 0 saturated heterocycles. The highest BCUT2D eigenvalue weighted by Crippen LogP contribution is 2.32. The molecule has 19 heavy (non-hydrogen) atoms. The number of hydrogen-bond acceptors (Lipinski definition) is 3. The number of nitro groups is 1. The number of nitrogens with one attached hydrogen (secondary N) is 1. The molecule has 0 aliphatic carbocycles. The lowest BCUT2D eigenvalue weighted by atomic mass is 9.90. The fourth-order valence-electron chi connectivity index (χ4n) is 2.13. The molecule has 0 saturated carbocycles. The molecule has 2 atom stereocenters. The molecule has 106 valence electrons. The predicted octanol–water partition coefficient (Wildman–Crippen LogP) is 4.05. The summed E-state index contributed by atoms with van der Waals surface area (Å²) < 4.78 is 0. The van der Waals surface area contributed by atoms with Crippen molar-refractivity contribution in [3.8, 4) is 0 Å². The van der Waals surface area contributed by atoms with Crippen molar-refractivity contribution >= 4 is 17.3 Å². The summed E-state index contributed by atoms with van der Waals surface area (Å²) in [5.74, 6) is 0.254. The summed E-state index contributed by atoms with van der Waals surface area (Å²) in [5, 5.41) is 14.5. The van der Waals surface area contributed by atoms with Crippen molar-refractivity contribution in [1.82, 2.24) is 5.32 Å². The van der Waals surface area contributed by atoms with Gasteiger partial charge in [0.25, 0.3) is 5.69 Å². The molecule has 0 bridgehead atoms. The second kappa shape index (κ2) is 6.87. The van der Waals surface area contributed by atoms with Crippen LogP contribution in [0.5, 0.6) is 0 Å². The Kier molecular flexibility index (Phi) is 5.76. The monoisotopic (exact) mass is 284 g/mol. The van der Waals surface area contributed by atoms with E-state index in [0.29, 0.717) is 6.04 Å². The maximum atomic E-state index is 10.8. The first-order valence-corrected chi connectivity index (χ1v) is 6.94. The van der Waals surface area contributed by atoms with E-state index in [1.165, 1.54) is 0 Å². The van der Waals surface area contributed by atoms with Gasteiger partial charge in [-0.25, -0.2) is 0 Å². The first-order valence-electron chi connectivity index (χ1n) is 6.56. The van der Waals surface area contributed by atoms with E-state index in [4.69, 9.17) is 11.6 Å². The number of rotatable bonds is 6. The fourth-order valence-corrected chi connectivity index (χ4v) is 2.37. The van der Waals surface area contributed by atoms with Crippen LogP contribution in [-0.4, -0.2) is 17.5 Å². The van der Waals surface area contributed by atoms with Crippen molar-refractivity contribution < 1.29 is 4.92 Å². The minimum absolute atomic E-state index is 0.0238. The highest BCUT2D eigenvalue weighted by atomic mass is 35.5. The largest absolute Gasteiger partial charge is 0.314 e. The third-order valence-corrected chi connectivity index (χ3v) is 3.79. The van der Waals surface area contributed by atoms with Crippen LogP contribution in [0.1, 0.15) is 44.2 Å². The number of nitrogens with zero attached hydrogens (tertiary/aromatic N) is 1. The van der Waals surface area contributed by atoms with E-state index < -0.39 is 4.92 Å². The number of hydrogen-bond donors (Lipinski definition) is 1. The lowest BCUT2D eigenvalue weighted by Crippen LogP contribution is -2.31. The SMILES string of the molecule is CCCNC(C)C(C)c1cc(Cl)c([N+](=O)[O-])cc1C. The summed E-state index contributed by atoms with van der Waals surface area (Å²) in [6, 6.07) is 3.58. The van der Waals surface area contributed by atoms with Crippen molar-refractivity contribution in [1.29, 1.82) is 0 Å². The van der Waals surface area contributed by atoms with Crippen molar-refractivity contribution in [2.24, 2.45) is 0 Å². The van der Waals surface area contributed by atoms with Crippen molar-refractivity contribution in [2.45, 2.75) is 46.1 Å². The topological polar surface area (TPSA) is 55.2 Å². The van der Waals surface area contributed by atoms with Gasteiger partial charge in [-0.05, 0) is 49.9 Å². The Hall–Kier alpha value is -1.13. The van der Waals surface area contributed by atoms with Gasteiger partial charge in [0.15, 0.2) is 0 Å². The molecule has 5 heteroatoms. The third-order valence-electron chi connectivity index (χ3n) is 3.49. The van der Waals surface area contributed by atoms with Crippen molar-refractivity contribution in [3.05, 3.63) is 38.4 Å². The second-order valence-electron chi connectivity index (χ2n) is 4.95. The Bertz CT molecular complexity index is 463. The molecule has 0 aliphatic heterocycles. The smallest absolute Gasteiger partial charge is 0.288 e. The summed E-state index contributed by atoms with van der Waals surface area (Å²) in [6.45, 7) is 9.21. The van der Waals surface area contributed by atoms with Crippen LogP contribution in [0.25, 0.3) is 0 Å². The fraction of sp³-hybridized carbons (Fsp3) is 0.571. The van der Waals surface area contributed by atoms with Crippen LogP contribution in [0.2, 0.25) is 5.02 Å². The summed E-state index contributed by atoms with van der Waals surface area (Å²) in [5.41, 5.74) is 1.95. The molecule has 0 amide bonds. The van der Waals surface area contributed by atoms with E-state index in [9.17, 15) is 10.1 Å². The summed E-state index contributed by atoms with van der Waals surface area (Å²) in [4.78, 5) is 10.4. The van der Waals surface area contributed by atoms with Crippen LogP contribution >= 0.6 is 11.6 Å². The summed E-state index contributed by atoms with van der Waals surface area (Å²) in [6.07, 6.45) is 1.08. The molecule has 2 unspecified atom stereocenters. The maximum absolute atomic E-state index is 10.8. The van der Waals surface area contributed by atoms with E-state index in [1.807, 2.05) is 6.92 Å². The zero-order valence-electron chi connectivity index (χ0n) is 11.9. The summed E-state index contributed by atoms with van der Waals surface area (Å²) in [7, 11) is 0. The maximum Gasteiger partial charge on any atom is 0.288 e. The van der Waals surface area contributed by atoms with E-state index >= 15 is 0 Å². The van der Waals surface area contributed by atoms with Gasteiger partial charge < -0.3 is 5.32 Å². The molecule has 0 spiro atoms. The molecule has 0 radical (unpaired) electrons. The molecule has 0 aliphatic rings. The highest BCUT2D eigenvalue weighted by molar-refractivity contribution is 6.32. The van der Waals surface area contributed by atoms with Gasteiger partial charge in [0.1, 0.15) is 5.02 Å². The van der Waals surface area contributed by atoms with E-state index in [1.54, 1.807) is 12.1 Å². The Morgan fingerprint density at radius 1 is 1.42 bits per heavy atom. The average molecular weight is 285 g/mol. The van der Waals surface area contributed by atoms with Gasteiger partial charge in [0.2, 0.25) is 0 Å². The molecule has 4 nitrogen and oxygen atoms in total. The molecule has 1 rings (SSSR count). The van der Waals surface area contributed by atoms with Crippen LogP contribution in [0.15, 0.2) is 12.1 Å². The van der Waals surface area contributed by atoms with Crippen LogP contribution in [0.4, 0.5) is 5.69 Å². The number of nitro benzene ring substituents is 1. The standard InChI is InChI=1S/C14H21ClN2O2/c1-5-6-16-11(4)10(3)12-8-13(15)14(17(18)19)7-9(12)2/h7-8,10-11,16H,5-6H2,1-4H3. The molecule has 0 heterocycles. The van der Waals surface area contributed by atoms with Gasteiger partial charge in [-0.3, -0.25) is 10.1 Å². The number of benzene rings is 1. The Morgan fingerprint density at radius 2 is 2.05 bits per heavy atom. The highest BCUT2D eigenvalue weighted by Gasteiger charge is 2.20. The molecule has 1 N–H and O–H groups in total. The zero-order chi connectivity index (χ0) is 14.6. The van der Waals surface area contributed by atoms with Gasteiger partial charge in [-0.15, -0.1) is 0 Å². The Labute approximate surface area is 119 Å². The second-order valence-corrected chi connectivity index (χ2v) is 5.36. The quantitative estimate of drug-likeness (QED) is 0.633. The normalized spacial score (nSPS) is 14.2. The minimum Gasteiger partial charge on any atom is -0.314 e. The number of halogens is 1. The Morgan fingerprint density at radius 3 is 2.58 bits per heavy atom. The predicted molar refractivity (Wildman–Crippen MR) is 79.0 cm³/mol. The molecular formula is C14H21ClN2O2. The Balaban J connectivity index is 3.01. The van der Waals surface area contributed by atoms with Crippen LogP contribution in [0, 0.1) is 17.0 Å². The van der Waals surface area contributed by atoms with Gasteiger partial charge in [0.05, 0.1) is 4.92 Å². The third kappa shape index (κ3) is 3.91. The van der Waals surface area contributed by atoms with Gasteiger partial charge in [0, 0.05) is 12.1 Å². The van der Waals surface area contributed by atoms with Crippen LogP contribution in [0.3, 0.4) is 0 Å². The van der Waals surface area contributed by atoms with E-state index in [0.717, 1.165) is 24.1 Å². The molecule has 1 aromatic rings. The minimum atomic E-state index is -0.442. The number of aryl methyl sites for hydroxylation is 1. The van der Waals surface area contributed by atoms with Gasteiger partial charge in [-0.2, -0.15) is 0 Å². The molecule has 1 aromatic carbocycles. The lowest BCUT2D eigenvalue weighted by molar-refractivity contribution is -0.384. The first-order chi connectivity index (χ1) is 8.88. The van der Waals surface area contributed by atoms with Crippen LogP contribution < -0.4 is 5.32 Å². The van der Waals surface area contributed by atoms with Gasteiger partial charge in [-0.1, -0.05) is 25.4 Å².